The third-order valence-corrected chi connectivity index (χ3v) is 14.9. The van der Waals surface area contributed by atoms with Crippen molar-refractivity contribution in [3.63, 3.8) is 0 Å². The SMILES string of the molecule is Cn1nc2c(c1-c1ccc(F)cc1)CC1(C)C(CCC3(C)C1C(=O)C=C1C4CC5(C)CC(OC5=O)C4(C)CCC13C)C2(C)C. The molecule has 5 aliphatic carbocycles. The molecule has 9 atom stereocenters. The molecule has 2 aromatic rings. The van der Waals surface area contributed by atoms with Crippen molar-refractivity contribution in [3.8, 4) is 11.3 Å². The van der Waals surface area contributed by atoms with Crippen molar-refractivity contribution in [1.82, 2.24) is 9.78 Å². The van der Waals surface area contributed by atoms with Crippen molar-refractivity contribution in [2.75, 3.05) is 0 Å². The summed E-state index contributed by atoms with van der Waals surface area (Å²) in [6, 6.07) is 6.75. The van der Waals surface area contributed by atoms with E-state index in [1.807, 2.05) is 23.9 Å². The molecule has 2 heterocycles. The Balaban J connectivity index is 1.27. The van der Waals surface area contributed by atoms with E-state index >= 15 is 0 Å². The summed E-state index contributed by atoms with van der Waals surface area (Å²) in [6.07, 6.45) is 8.47. The van der Waals surface area contributed by atoms with Crippen molar-refractivity contribution in [2.24, 2.45) is 51.9 Å². The average Bonchev–Trinajstić information content (AvgIpc) is 3.41. The topological polar surface area (TPSA) is 61.2 Å². The van der Waals surface area contributed by atoms with Gasteiger partial charge in [0.2, 0.25) is 0 Å². The van der Waals surface area contributed by atoms with Crippen LogP contribution in [0.25, 0.3) is 11.3 Å². The van der Waals surface area contributed by atoms with Gasteiger partial charge in [0.05, 0.1) is 16.8 Å². The van der Waals surface area contributed by atoms with Gasteiger partial charge in [-0.2, -0.15) is 5.10 Å². The molecule has 0 radical (unpaired) electrons. The number of fused-ring (bicyclic) bond motifs is 11. The number of carbonyl (C=O) groups is 2. The molecule has 6 aliphatic rings. The molecule has 6 heteroatoms. The normalized spacial score (nSPS) is 44.9. The lowest BCUT2D eigenvalue weighted by atomic mass is 9.33. The van der Waals surface area contributed by atoms with Gasteiger partial charge in [0, 0.05) is 41.3 Å². The highest BCUT2D eigenvalue weighted by molar-refractivity contribution is 5.96. The highest BCUT2D eigenvalue weighted by Gasteiger charge is 2.72. The minimum atomic E-state index is -0.459. The van der Waals surface area contributed by atoms with Crippen LogP contribution in [0.1, 0.15) is 98.2 Å². The van der Waals surface area contributed by atoms with Crippen LogP contribution < -0.4 is 0 Å². The molecule has 5 nitrogen and oxygen atoms in total. The Kier molecular flexibility index (Phi) is 5.43. The van der Waals surface area contributed by atoms with Crippen LogP contribution in [0.3, 0.4) is 0 Å². The fourth-order valence-electron chi connectivity index (χ4n) is 12.5. The van der Waals surface area contributed by atoms with Crippen molar-refractivity contribution >= 4 is 11.8 Å². The second-order valence-corrected chi connectivity index (χ2v) is 17.4. The minimum Gasteiger partial charge on any atom is -0.461 e. The molecule has 2 bridgehead atoms. The van der Waals surface area contributed by atoms with Gasteiger partial charge in [-0.05, 0) is 104 Å². The summed E-state index contributed by atoms with van der Waals surface area (Å²) in [5, 5.41) is 5.12. The standard InChI is InChI=1S/C38H47FN2O3/c1-33(2)27-13-14-38(7)30(36(27,5)18-23-29(41(8)40-31(23)33)21-9-11-22(39)12-10-21)26(42)17-24-25-19-34(3)20-28(44-32(34)43)35(25,4)15-16-37(24,38)6/h9-12,17,25,27-28,30H,13-16,18-20H2,1-8H3. The van der Waals surface area contributed by atoms with Gasteiger partial charge in [0.1, 0.15) is 11.9 Å². The molecule has 4 fully saturated rings. The van der Waals surface area contributed by atoms with Crippen LogP contribution in [0.15, 0.2) is 35.9 Å². The first-order valence-corrected chi connectivity index (χ1v) is 16.8. The second-order valence-electron chi connectivity index (χ2n) is 17.4. The van der Waals surface area contributed by atoms with Crippen molar-refractivity contribution in [2.45, 2.75) is 105 Å². The predicted octanol–water partition coefficient (Wildman–Crippen LogP) is 7.76. The Bertz CT molecular complexity index is 1670. The van der Waals surface area contributed by atoms with Crippen LogP contribution in [-0.2, 0) is 33.2 Å². The number of hydrogen-bond donors (Lipinski definition) is 0. The van der Waals surface area contributed by atoms with E-state index in [4.69, 9.17) is 9.84 Å². The third-order valence-electron chi connectivity index (χ3n) is 14.9. The van der Waals surface area contributed by atoms with E-state index in [9.17, 15) is 14.0 Å². The monoisotopic (exact) mass is 598 g/mol. The van der Waals surface area contributed by atoms with Crippen LogP contribution in [0.5, 0.6) is 0 Å². The van der Waals surface area contributed by atoms with Crippen LogP contribution in [0.2, 0.25) is 0 Å². The lowest BCUT2D eigenvalue weighted by molar-refractivity contribution is -0.174. The number of hydrogen-bond acceptors (Lipinski definition) is 4. The molecular weight excluding hydrogens is 551 g/mol. The van der Waals surface area contributed by atoms with Crippen molar-refractivity contribution in [1.29, 1.82) is 0 Å². The van der Waals surface area contributed by atoms with Gasteiger partial charge in [0.25, 0.3) is 0 Å². The van der Waals surface area contributed by atoms with Gasteiger partial charge in [-0.1, -0.05) is 47.1 Å². The van der Waals surface area contributed by atoms with Crippen LogP contribution in [0, 0.1) is 50.6 Å². The molecule has 1 aromatic carbocycles. The van der Waals surface area contributed by atoms with Gasteiger partial charge >= 0.3 is 5.97 Å². The number of benzene rings is 1. The summed E-state index contributed by atoms with van der Waals surface area (Å²) in [4.78, 5) is 27.9. The number of nitrogens with zero attached hydrogens (tertiary/aromatic N) is 2. The Morgan fingerprint density at radius 2 is 1.64 bits per heavy atom. The summed E-state index contributed by atoms with van der Waals surface area (Å²) in [7, 11) is 2.00. The Labute approximate surface area is 261 Å². The highest BCUT2D eigenvalue weighted by Crippen LogP contribution is 2.75. The number of rotatable bonds is 1. The molecule has 0 spiro atoms. The zero-order valence-corrected chi connectivity index (χ0v) is 27.6. The molecule has 3 saturated carbocycles. The second kappa shape index (κ2) is 8.33. The molecule has 44 heavy (non-hydrogen) atoms. The van der Waals surface area contributed by atoms with Crippen LogP contribution in [0.4, 0.5) is 4.39 Å². The number of ether oxygens (including phenoxy) is 1. The van der Waals surface area contributed by atoms with E-state index in [1.165, 1.54) is 23.3 Å². The number of esters is 1. The molecule has 9 unspecified atom stereocenters. The molecular formula is C38H47FN2O3. The zero-order chi connectivity index (χ0) is 31.4. The molecule has 0 N–H and O–H groups in total. The Morgan fingerprint density at radius 1 is 0.932 bits per heavy atom. The zero-order valence-electron chi connectivity index (χ0n) is 27.6. The fourth-order valence-corrected chi connectivity index (χ4v) is 12.5. The molecule has 0 amide bonds. The van der Waals surface area contributed by atoms with E-state index in [-0.39, 0.29) is 62.6 Å². The maximum atomic E-state index is 14.9. The largest absolute Gasteiger partial charge is 0.461 e. The van der Waals surface area contributed by atoms with Gasteiger partial charge in [-0.25, -0.2) is 4.39 Å². The summed E-state index contributed by atoms with van der Waals surface area (Å²) in [5.41, 5.74) is 4.25. The van der Waals surface area contributed by atoms with E-state index in [0.717, 1.165) is 61.9 Å². The number of ketones is 1. The fraction of sp³-hybridized carbons (Fsp3) is 0.658. The molecule has 1 saturated heterocycles. The highest BCUT2D eigenvalue weighted by atomic mass is 19.1. The maximum absolute atomic E-state index is 14.9. The number of allylic oxidation sites excluding steroid dienone is 2. The molecule has 1 aromatic heterocycles. The van der Waals surface area contributed by atoms with E-state index < -0.39 is 5.41 Å². The quantitative estimate of drug-likeness (QED) is 0.315. The number of carbonyl (C=O) groups excluding carboxylic acids is 2. The van der Waals surface area contributed by atoms with Gasteiger partial charge in [-0.15, -0.1) is 0 Å². The molecule has 234 valence electrons. The van der Waals surface area contributed by atoms with E-state index in [2.05, 4.69) is 54.5 Å². The first-order valence-electron chi connectivity index (χ1n) is 16.8. The summed E-state index contributed by atoms with van der Waals surface area (Å²) >= 11 is 0. The van der Waals surface area contributed by atoms with Gasteiger partial charge < -0.3 is 4.74 Å². The first-order chi connectivity index (χ1) is 20.5. The average molecular weight is 599 g/mol. The van der Waals surface area contributed by atoms with E-state index in [1.54, 1.807) is 0 Å². The lowest BCUT2D eigenvalue weighted by Gasteiger charge is -2.69. The van der Waals surface area contributed by atoms with Gasteiger partial charge in [0.15, 0.2) is 5.78 Å². The lowest BCUT2D eigenvalue weighted by Crippen LogP contribution is -2.66. The minimum absolute atomic E-state index is 0.0478. The smallest absolute Gasteiger partial charge is 0.312 e. The van der Waals surface area contributed by atoms with Crippen LogP contribution in [-0.4, -0.2) is 27.6 Å². The van der Waals surface area contributed by atoms with Crippen molar-refractivity contribution < 1.29 is 18.7 Å². The summed E-state index contributed by atoms with van der Waals surface area (Å²) in [6.45, 7) is 16.3. The number of aryl methyl sites for hydroxylation is 1. The van der Waals surface area contributed by atoms with E-state index in [0.29, 0.717) is 5.92 Å². The molecule has 8 rings (SSSR count). The number of halogens is 1. The Morgan fingerprint density at radius 3 is 2.34 bits per heavy atom. The third kappa shape index (κ3) is 3.18. The van der Waals surface area contributed by atoms with Crippen molar-refractivity contribution in [3.05, 3.63) is 53.0 Å². The summed E-state index contributed by atoms with van der Waals surface area (Å²) < 4.78 is 22.0. The predicted molar refractivity (Wildman–Crippen MR) is 167 cm³/mol. The van der Waals surface area contributed by atoms with Crippen LogP contribution >= 0.6 is 0 Å². The first kappa shape index (κ1) is 28.7. The number of aromatic nitrogens is 2. The summed E-state index contributed by atoms with van der Waals surface area (Å²) in [5.74, 6) is 0.356. The van der Waals surface area contributed by atoms with Gasteiger partial charge in [-0.3, -0.25) is 14.3 Å². The Hall–Kier alpha value is -2.76. The molecule has 1 aliphatic heterocycles. The maximum Gasteiger partial charge on any atom is 0.312 e.